The summed E-state index contributed by atoms with van der Waals surface area (Å²) in [6, 6.07) is 5.23. The number of ether oxygens (including phenoxy) is 2. The Morgan fingerprint density at radius 2 is 2.12 bits per heavy atom. The second kappa shape index (κ2) is 7.06. The van der Waals surface area contributed by atoms with Crippen LogP contribution in [0.5, 0.6) is 11.5 Å². The molecular weight excluding hydrogens is 241 g/mol. The Balaban J connectivity index is 2.83. The van der Waals surface area contributed by atoms with Crippen LogP contribution in [0.4, 0.5) is 4.39 Å². The molecule has 17 heavy (non-hydrogen) atoms. The van der Waals surface area contributed by atoms with Crippen LogP contribution in [0, 0.1) is 0 Å². The normalized spacial score (nSPS) is 10.0. The van der Waals surface area contributed by atoms with Crippen LogP contribution in [0.15, 0.2) is 18.2 Å². The van der Waals surface area contributed by atoms with Crippen LogP contribution in [-0.2, 0) is 0 Å². The second-order valence-corrected chi connectivity index (χ2v) is 3.79. The lowest BCUT2D eigenvalue weighted by Crippen LogP contribution is -2.10. The minimum absolute atomic E-state index is 0.307. The van der Waals surface area contributed by atoms with E-state index < -0.39 is 6.67 Å². The van der Waals surface area contributed by atoms with Crippen molar-refractivity contribution >= 4 is 17.2 Å². The summed E-state index contributed by atoms with van der Waals surface area (Å²) in [6.07, 6.45) is 0.364. The van der Waals surface area contributed by atoms with Crippen LogP contribution in [0.2, 0.25) is 0 Å². The van der Waals surface area contributed by atoms with Gasteiger partial charge in [0.15, 0.2) is 11.5 Å². The zero-order valence-corrected chi connectivity index (χ0v) is 10.6. The molecule has 0 aromatic heterocycles. The third-order valence-electron chi connectivity index (χ3n) is 2.06. The summed E-state index contributed by atoms with van der Waals surface area (Å²) in [5.41, 5.74) is 6.26. The summed E-state index contributed by atoms with van der Waals surface area (Å²) in [4.78, 5) is 0.307. The number of hydrogen-bond acceptors (Lipinski definition) is 3. The molecule has 0 radical (unpaired) electrons. The van der Waals surface area contributed by atoms with Gasteiger partial charge in [-0.2, -0.15) is 0 Å². The minimum Gasteiger partial charge on any atom is -0.490 e. The van der Waals surface area contributed by atoms with E-state index in [1.807, 2.05) is 6.92 Å². The Morgan fingerprint density at radius 1 is 1.35 bits per heavy atom. The zero-order valence-electron chi connectivity index (χ0n) is 9.74. The van der Waals surface area contributed by atoms with Gasteiger partial charge in [-0.1, -0.05) is 12.2 Å². The molecule has 0 unspecified atom stereocenters. The summed E-state index contributed by atoms with van der Waals surface area (Å²) < 4.78 is 22.8. The van der Waals surface area contributed by atoms with Gasteiger partial charge in [0.1, 0.15) is 4.99 Å². The summed E-state index contributed by atoms with van der Waals surface area (Å²) in [7, 11) is 0. The fraction of sp³-hybridized carbons (Fsp3) is 0.417. The minimum atomic E-state index is -0.394. The Hall–Kier alpha value is -1.36. The largest absolute Gasteiger partial charge is 0.490 e. The molecule has 0 fully saturated rings. The Morgan fingerprint density at radius 3 is 2.71 bits per heavy atom. The average Bonchev–Trinajstić information content (AvgIpc) is 2.31. The quantitative estimate of drug-likeness (QED) is 0.602. The highest BCUT2D eigenvalue weighted by molar-refractivity contribution is 7.80. The molecule has 1 aromatic carbocycles. The molecule has 0 spiro atoms. The van der Waals surface area contributed by atoms with Crippen LogP contribution in [-0.4, -0.2) is 24.9 Å². The number of nitrogens with two attached hydrogens (primary N) is 1. The standard InChI is InChI=1S/C12H16FNO2S/c1-2-15-11-8-9(12(14)17)4-5-10(11)16-7-3-6-13/h4-5,8H,2-3,6-7H2,1H3,(H2,14,17). The molecule has 1 rings (SSSR count). The maximum atomic E-state index is 12.0. The molecular formula is C12H16FNO2S. The van der Waals surface area contributed by atoms with E-state index in [0.29, 0.717) is 36.1 Å². The van der Waals surface area contributed by atoms with Gasteiger partial charge in [0.25, 0.3) is 0 Å². The molecule has 0 heterocycles. The lowest BCUT2D eigenvalue weighted by Gasteiger charge is -2.12. The van der Waals surface area contributed by atoms with Gasteiger partial charge in [0, 0.05) is 12.0 Å². The monoisotopic (exact) mass is 257 g/mol. The predicted octanol–water partition coefficient (Wildman–Crippen LogP) is 2.46. The van der Waals surface area contributed by atoms with Crippen LogP contribution < -0.4 is 15.2 Å². The van der Waals surface area contributed by atoms with E-state index in [0.717, 1.165) is 5.56 Å². The number of halogens is 1. The van der Waals surface area contributed by atoms with E-state index in [1.54, 1.807) is 18.2 Å². The van der Waals surface area contributed by atoms with E-state index in [1.165, 1.54) is 0 Å². The number of thiocarbonyl (C=S) groups is 1. The number of hydrogen-bond donors (Lipinski definition) is 1. The average molecular weight is 257 g/mol. The van der Waals surface area contributed by atoms with Gasteiger partial charge >= 0.3 is 0 Å². The summed E-state index contributed by atoms with van der Waals surface area (Å²) in [6.45, 7) is 2.32. The van der Waals surface area contributed by atoms with Gasteiger partial charge in [0.2, 0.25) is 0 Å². The van der Waals surface area contributed by atoms with Crippen LogP contribution in [0.3, 0.4) is 0 Å². The molecule has 0 saturated carbocycles. The lowest BCUT2D eigenvalue weighted by atomic mass is 10.2. The molecule has 1 aromatic rings. The van der Waals surface area contributed by atoms with Gasteiger partial charge in [-0.15, -0.1) is 0 Å². The maximum Gasteiger partial charge on any atom is 0.161 e. The van der Waals surface area contributed by atoms with Crippen molar-refractivity contribution in [2.75, 3.05) is 19.9 Å². The fourth-order valence-corrected chi connectivity index (χ4v) is 1.41. The molecule has 0 amide bonds. The predicted molar refractivity (Wildman–Crippen MR) is 69.6 cm³/mol. The van der Waals surface area contributed by atoms with Gasteiger partial charge < -0.3 is 15.2 Å². The van der Waals surface area contributed by atoms with E-state index in [9.17, 15) is 4.39 Å². The molecule has 5 heteroatoms. The highest BCUT2D eigenvalue weighted by atomic mass is 32.1. The fourth-order valence-electron chi connectivity index (χ4n) is 1.29. The first-order valence-corrected chi connectivity index (χ1v) is 5.85. The van der Waals surface area contributed by atoms with Crippen LogP contribution in [0.1, 0.15) is 18.9 Å². The Kier molecular flexibility index (Phi) is 5.69. The maximum absolute atomic E-state index is 12.0. The highest BCUT2D eigenvalue weighted by Crippen LogP contribution is 2.28. The Labute approximate surface area is 106 Å². The first-order valence-electron chi connectivity index (χ1n) is 5.44. The first kappa shape index (κ1) is 13.7. The van der Waals surface area contributed by atoms with Crippen molar-refractivity contribution in [2.24, 2.45) is 5.73 Å². The zero-order chi connectivity index (χ0) is 12.7. The van der Waals surface area contributed by atoms with Crippen molar-refractivity contribution < 1.29 is 13.9 Å². The summed E-state index contributed by atoms with van der Waals surface area (Å²) in [5, 5.41) is 0. The Bertz CT molecular complexity index is 385. The smallest absolute Gasteiger partial charge is 0.161 e. The molecule has 0 aliphatic heterocycles. The molecule has 0 saturated heterocycles. The first-order chi connectivity index (χ1) is 8.19. The third-order valence-corrected chi connectivity index (χ3v) is 2.30. The summed E-state index contributed by atoms with van der Waals surface area (Å²) in [5.74, 6) is 1.16. The second-order valence-electron chi connectivity index (χ2n) is 3.35. The van der Waals surface area contributed by atoms with Crippen LogP contribution >= 0.6 is 12.2 Å². The van der Waals surface area contributed by atoms with E-state index in [4.69, 9.17) is 27.4 Å². The van der Waals surface area contributed by atoms with E-state index in [2.05, 4.69) is 0 Å². The molecule has 3 nitrogen and oxygen atoms in total. The van der Waals surface area contributed by atoms with Crippen molar-refractivity contribution in [3.63, 3.8) is 0 Å². The van der Waals surface area contributed by atoms with E-state index >= 15 is 0 Å². The summed E-state index contributed by atoms with van der Waals surface area (Å²) >= 11 is 4.89. The molecule has 0 aliphatic carbocycles. The van der Waals surface area contributed by atoms with Crippen molar-refractivity contribution in [3.05, 3.63) is 23.8 Å². The SMILES string of the molecule is CCOc1cc(C(N)=S)ccc1OCCCF. The number of alkyl halides is 1. The van der Waals surface area contributed by atoms with Gasteiger partial charge in [-0.3, -0.25) is 4.39 Å². The van der Waals surface area contributed by atoms with Crippen molar-refractivity contribution in [2.45, 2.75) is 13.3 Å². The molecule has 2 N–H and O–H groups in total. The number of rotatable bonds is 7. The van der Waals surface area contributed by atoms with Crippen molar-refractivity contribution in [1.82, 2.24) is 0 Å². The van der Waals surface area contributed by atoms with Crippen molar-refractivity contribution in [3.8, 4) is 11.5 Å². The molecule has 0 atom stereocenters. The molecule has 0 aliphatic rings. The molecule has 94 valence electrons. The van der Waals surface area contributed by atoms with Gasteiger partial charge in [-0.05, 0) is 25.1 Å². The van der Waals surface area contributed by atoms with E-state index in [-0.39, 0.29) is 0 Å². The molecule has 0 bridgehead atoms. The third kappa shape index (κ3) is 4.19. The van der Waals surface area contributed by atoms with Gasteiger partial charge in [0.05, 0.1) is 19.9 Å². The highest BCUT2D eigenvalue weighted by Gasteiger charge is 2.07. The van der Waals surface area contributed by atoms with Gasteiger partial charge in [-0.25, -0.2) is 0 Å². The van der Waals surface area contributed by atoms with Crippen molar-refractivity contribution in [1.29, 1.82) is 0 Å². The van der Waals surface area contributed by atoms with Crippen LogP contribution in [0.25, 0.3) is 0 Å². The topological polar surface area (TPSA) is 44.5 Å². The number of benzene rings is 1. The lowest BCUT2D eigenvalue weighted by molar-refractivity contribution is 0.262.